The smallest absolute Gasteiger partial charge is 0.222 e. The Balaban J connectivity index is 4.61. The summed E-state index contributed by atoms with van der Waals surface area (Å²) >= 11 is 1.18. The van der Waals surface area contributed by atoms with Gasteiger partial charge in [0, 0.05) is 0 Å². The molecule has 0 fully saturated rings. The van der Waals surface area contributed by atoms with E-state index in [0.29, 0.717) is 11.3 Å². The first-order valence-corrected chi connectivity index (χ1v) is 5.37. The SMILES string of the molecule is CCSC(=O)/C(=C/C(C)C)C(C)=O. The van der Waals surface area contributed by atoms with Crippen LogP contribution in [0.25, 0.3) is 0 Å². The minimum absolute atomic E-state index is 0.108. The number of carbonyl (C=O) groups excluding carboxylic acids is 2. The van der Waals surface area contributed by atoms with Crippen LogP contribution in [-0.4, -0.2) is 16.7 Å². The van der Waals surface area contributed by atoms with Crippen molar-refractivity contribution in [2.75, 3.05) is 5.75 Å². The molecule has 0 rings (SSSR count). The zero-order chi connectivity index (χ0) is 10.4. The molecule has 0 amide bonds. The van der Waals surface area contributed by atoms with Crippen molar-refractivity contribution >= 4 is 22.7 Å². The second-order valence-corrected chi connectivity index (χ2v) is 4.34. The third-order valence-corrected chi connectivity index (χ3v) is 2.15. The summed E-state index contributed by atoms with van der Waals surface area (Å²) in [7, 11) is 0. The first-order chi connectivity index (χ1) is 5.99. The van der Waals surface area contributed by atoms with Gasteiger partial charge in [-0.3, -0.25) is 9.59 Å². The van der Waals surface area contributed by atoms with Crippen molar-refractivity contribution in [2.45, 2.75) is 27.7 Å². The van der Waals surface area contributed by atoms with Crippen molar-refractivity contribution < 1.29 is 9.59 Å². The van der Waals surface area contributed by atoms with Crippen molar-refractivity contribution in [1.29, 1.82) is 0 Å². The summed E-state index contributed by atoms with van der Waals surface area (Å²) in [6.45, 7) is 7.23. The van der Waals surface area contributed by atoms with Gasteiger partial charge in [-0.2, -0.15) is 0 Å². The normalized spacial score (nSPS) is 11.9. The molecule has 3 heteroatoms. The van der Waals surface area contributed by atoms with Gasteiger partial charge >= 0.3 is 0 Å². The zero-order valence-electron chi connectivity index (χ0n) is 8.59. The summed E-state index contributed by atoms with van der Waals surface area (Å²) < 4.78 is 0. The van der Waals surface area contributed by atoms with Gasteiger partial charge in [-0.05, 0) is 18.6 Å². The third-order valence-electron chi connectivity index (χ3n) is 1.37. The van der Waals surface area contributed by atoms with E-state index in [1.807, 2.05) is 20.8 Å². The number of ketones is 1. The van der Waals surface area contributed by atoms with Gasteiger partial charge in [0.2, 0.25) is 5.12 Å². The highest BCUT2D eigenvalue weighted by molar-refractivity contribution is 8.14. The first kappa shape index (κ1) is 12.4. The number of hydrogen-bond donors (Lipinski definition) is 0. The number of Topliss-reactive ketones (excluding diaryl/α,β-unsaturated/α-hetero) is 1. The molecule has 0 saturated carbocycles. The average molecular weight is 200 g/mol. The molecule has 0 spiro atoms. The number of carbonyl (C=O) groups is 2. The van der Waals surface area contributed by atoms with Crippen molar-refractivity contribution in [3.63, 3.8) is 0 Å². The van der Waals surface area contributed by atoms with Gasteiger partial charge in [-0.15, -0.1) is 0 Å². The fraction of sp³-hybridized carbons (Fsp3) is 0.600. The average Bonchev–Trinajstić information content (AvgIpc) is 1.99. The lowest BCUT2D eigenvalue weighted by Crippen LogP contribution is -2.08. The van der Waals surface area contributed by atoms with Crippen molar-refractivity contribution in [1.82, 2.24) is 0 Å². The van der Waals surface area contributed by atoms with Gasteiger partial charge < -0.3 is 0 Å². The lowest BCUT2D eigenvalue weighted by Gasteiger charge is -2.02. The summed E-state index contributed by atoms with van der Waals surface area (Å²) in [6.07, 6.45) is 1.73. The van der Waals surface area contributed by atoms with E-state index in [1.54, 1.807) is 6.08 Å². The quantitative estimate of drug-likeness (QED) is 0.397. The maximum Gasteiger partial charge on any atom is 0.222 e. The Labute approximate surface area is 83.8 Å². The molecule has 0 aliphatic heterocycles. The largest absolute Gasteiger partial charge is 0.294 e. The van der Waals surface area contributed by atoms with Crippen molar-refractivity contribution in [2.24, 2.45) is 5.92 Å². The van der Waals surface area contributed by atoms with Crippen molar-refractivity contribution in [3.8, 4) is 0 Å². The van der Waals surface area contributed by atoms with Crippen LogP contribution in [0.5, 0.6) is 0 Å². The molecule has 0 aliphatic carbocycles. The molecule has 0 bridgehead atoms. The molecule has 0 aliphatic rings. The standard InChI is InChI=1S/C10H16O2S/c1-5-13-10(12)9(8(4)11)6-7(2)3/h6-7H,5H2,1-4H3/b9-6+. The van der Waals surface area contributed by atoms with E-state index in [-0.39, 0.29) is 16.8 Å². The predicted molar refractivity (Wildman–Crippen MR) is 56.7 cm³/mol. The van der Waals surface area contributed by atoms with E-state index in [1.165, 1.54) is 18.7 Å². The minimum atomic E-state index is -0.139. The molecule has 0 heterocycles. The van der Waals surface area contributed by atoms with Crippen LogP contribution in [0.4, 0.5) is 0 Å². The van der Waals surface area contributed by atoms with Crippen LogP contribution in [0.15, 0.2) is 11.6 Å². The van der Waals surface area contributed by atoms with Crippen LogP contribution in [0.3, 0.4) is 0 Å². The maximum absolute atomic E-state index is 11.4. The maximum atomic E-state index is 11.4. The van der Waals surface area contributed by atoms with E-state index in [0.717, 1.165) is 0 Å². The van der Waals surface area contributed by atoms with Crippen LogP contribution in [0.2, 0.25) is 0 Å². The first-order valence-electron chi connectivity index (χ1n) is 4.38. The van der Waals surface area contributed by atoms with E-state index in [9.17, 15) is 9.59 Å². The lowest BCUT2D eigenvalue weighted by molar-refractivity contribution is -0.116. The van der Waals surface area contributed by atoms with Gasteiger partial charge in [-0.1, -0.05) is 38.6 Å². The number of thioether (sulfide) groups is 1. The Hall–Kier alpha value is -0.570. The Kier molecular flexibility index (Phi) is 5.71. The van der Waals surface area contributed by atoms with Crippen molar-refractivity contribution in [3.05, 3.63) is 11.6 Å². The minimum Gasteiger partial charge on any atom is -0.294 e. The second kappa shape index (κ2) is 5.97. The Morgan fingerprint density at radius 2 is 1.92 bits per heavy atom. The highest BCUT2D eigenvalue weighted by Gasteiger charge is 2.14. The van der Waals surface area contributed by atoms with Gasteiger partial charge in [0.15, 0.2) is 5.78 Å². The Bertz CT molecular complexity index is 229. The van der Waals surface area contributed by atoms with Crippen LogP contribution < -0.4 is 0 Å². The van der Waals surface area contributed by atoms with Crippen LogP contribution in [0, 0.1) is 5.92 Å². The van der Waals surface area contributed by atoms with Crippen LogP contribution >= 0.6 is 11.8 Å². The summed E-state index contributed by atoms with van der Waals surface area (Å²) in [4.78, 5) is 22.5. The van der Waals surface area contributed by atoms with Gasteiger partial charge in [0.05, 0.1) is 5.57 Å². The van der Waals surface area contributed by atoms with Gasteiger partial charge in [-0.25, -0.2) is 0 Å². The Morgan fingerprint density at radius 3 is 2.23 bits per heavy atom. The topological polar surface area (TPSA) is 34.1 Å². The molecule has 0 N–H and O–H groups in total. The summed E-state index contributed by atoms with van der Waals surface area (Å²) in [6, 6.07) is 0. The Morgan fingerprint density at radius 1 is 1.38 bits per heavy atom. The zero-order valence-corrected chi connectivity index (χ0v) is 9.40. The number of allylic oxidation sites excluding steroid dienone is 1. The number of hydrogen-bond acceptors (Lipinski definition) is 3. The molecule has 2 nitrogen and oxygen atoms in total. The lowest BCUT2D eigenvalue weighted by atomic mass is 10.1. The molecule has 0 aromatic rings. The summed E-state index contributed by atoms with van der Waals surface area (Å²) in [5.74, 6) is 0.807. The molecular formula is C10H16O2S. The van der Waals surface area contributed by atoms with Crippen LogP contribution in [-0.2, 0) is 9.59 Å². The van der Waals surface area contributed by atoms with E-state index < -0.39 is 0 Å². The fourth-order valence-corrected chi connectivity index (χ4v) is 1.50. The van der Waals surface area contributed by atoms with Crippen LogP contribution in [0.1, 0.15) is 27.7 Å². The molecule has 0 radical (unpaired) electrons. The predicted octanol–water partition coefficient (Wildman–Crippen LogP) is 2.44. The highest BCUT2D eigenvalue weighted by Crippen LogP contribution is 2.13. The second-order valence-electron chi connectivity index (χ2n) is 3.10. The monoisotopic (exact) mass is 200 g/mol. The molecule has 0 atom stereocenters. The highest BCUT2D eigenvalue weighted by atomic mass is 32.2. The number of rotatable bonds is 4. The van der Waals surface area contributed by atoms with Gasteiger partial charge in [0.1, 0.15) is 0 Å². The van der Waals surface area contributed by atoms with E-state index in [2.05, 4.69) is 0 Å². The molecule has 74 valence electrons. The fourth-order valence-electron chi connectivity index (χ4n) is 0.871. The summed E-state index contributed by atoms with van der Waals surface area (Å²) in [5.41, 5.74) is 0.335. The molecule has 0 saturated heterocycles. The third kappa shape index (κ3) is 4.88. The summed E-state index contributed by atoms with van der Waals surface area (Å²) in [5, 5.41) is -0.108. The molecule has 0 unspecified atom stereocenters. The van der Waals surface area contributed by atoms with E-state index in [4.69, 9.17) is 0 Å². The molecular weight excluding hydrogens is 184 g/mol. The van der Waals surface area contributed by atoms with E-state index >= 15 is 0 Å². The molecule has 13 heavy (non-hydrogen) atoms. The van der Waals surface area contributed by atoms with Gasteiger partial charge in [0.25, 0.3) is 0 Å². The molecule has 0 aromatic heterocycles. The molecule has 0 aromatic carbocycles.